The average molecular weight is 349 g/mol. The van der Waals surface area contributed by atoms with Crippen LogP contribution in [0.3, 0.4) is 0 Å². The van der Waals surface area contributed by atoms with E-state index in [9.17, 15) is 9.59 Å². The first-order chi connectivity index (χ1) is 12.7. The summed E-state index contributed by atoms with van der Waals surface area (Å²) in [5, 5.41) is 12.6. The van der Waals surface area contributed by atoms with Gasteiger partial charge in [-0.2, -0.15) is 0 Å². The molecule has 2 aromatic carbocycles. The zero-order chi connectivity index (χ0) is 18.1. The molecule has 2 heterocycles. The van der Waals surface area contributed by atoms with Gasteiger partial charge in [-0.15, -0.1) is 0 Å². The van der Waals surface area contributed by atoms with Crippen molar-refractivity contribution in [3.8, 4) is 0 Å². The molecule has 0 unspecified atom stereocenters. The molecule has 0 atom stereocenters. The Morgan fingerprint density at radius 2 is 1.88 bits per heavy atom. The van der Waals surface area contributed by atoms with E-state index in [0.717, 1.165) is 30.3 Å². The summed E-state index contributed by atoms with van der Waals surface area (Å²) in [5.41, 5.74) is 5.99. The van der Waals surface area contributed by atoms with Crippen LogP contribution < -0.4 is 10.8 Å². The Balaban J connectivity index is 1.52. The molecule has 6 nitrogen and oxygen atoms in total. The van der Waals surface area contributed by atoms with Gasteiger partial charge in [0.15, 0.2) is 0 Å². The third-order valence-corrected chi connectivity index (χ3v) is 4.84. The van der Waals surface area contributed by atoms with E-state index < -0.39 is 5.91 Å². The van der Waals surface area contributed by atoms with E-state index in [1.54, 1.807) is 29.7 Å². The summed E-state index contributed by atoms with van der Waals surface area (Å²) in [5.74, 6) is -0.667. The van der Waals surface area contributed by atoms with Crippen LogP contribution in [-0.4, -0.2) is 21.6 Å². The van der Waals surface area contributed by atoms with Crippen LogP contribution in [-0.2, 0) is 19.5 Å². The number of nitrogens with one attached hydrogen (secondary N) is 2. The molecule has 0 fully saturated rings. The first-order valence-electron chi connectivity index (χ1n) is 8.59. The van der Waals surface area contributed by atoms with E-state index in [0.29, 0.717) is 17.7 Å². The third kappa shape index (κ3) is 2.84. The second-order valence-corrected chi connectivity index (χ2v) is 6.47. The lowest BCUT2D eigenvalue weighted by Crippen LogP contribution is -2.23. The van der Waals surface area contributed by atoms with Gasteiger partial charge in [0, 0.05) is 30.2 Å². The molecule has 0 spiro atoms. The van der Waals surface area contributed by atoms with Gasteiger partial charge in [-0.25, -0.2) is 5.48 Å². The molecule has 0 aliphatic carbocycles. The van der Waals surface area contributed by atoms with Crippen molar-refractivity contribution < 1.29 is 14.8 Å². The highest BCUT2D eigenvalue weighted by Gasteiger charge is 2.19. The average Bonchev–Trinajstić information content (AvgIpc) is 3.07. The van der Waals surface area contributed by atoms with Gasteiger partial charge in [0.1, 0.15) is 0 Å². The lowest BCUT2D eigenvalue weighted by molar-refractivity contribution is 0.0706. The summed E-state index contributed by atoms with van der Waals surface area (Å²) in [4.78, 5) is 24.0. The van der Waals surface area contributed by atoms with Crippen molar-refractivity contribution in [2.45, 2.75) is 25.9 Å². The quantitative estimate of drug-likeness (QED) is 0.500. The summed E-state index contributed by atoms with van der Waals surface area (Å²) in [6.07, 6.45) is 4.09. The Morgan fingerprint density at radius 3 is 2.65 bits per heavy atom. The van der Waals surface area contributed by atoms with Crippen molar-refractivity contribution in [2.75, 3.05) is 0 Å². The van der Waals surface area contributed by atoms with Crippen LogP contribution in [0.2, 0.25) is 0 Å². The number of aryl methyl sites for hydroxylation is 2. The highest BCUT2D eigenvalue weighted by atomic mass is 16.5. The van der Waals surface area contributed by atoms with E-state index in [-0.39, 0.29) is 5.91 Å². The molecule has 2 amide bonds. The molecule has 1 aliphatic heterocycles. The van der Waals surface area contributed by atoms with Crippen molar-refractivity contribution in [1.29, 1.82) is 0 Å². The lowest BCUT2D eigenvalue weighted by atomic mass is 10.0. The maximum absolute atomic E-state index is 12.7. The van der Waals surface area contributed by atoms with E-state index in [2.05, 4.69) is 16.0 Å². The molecule has 0 saturated carbocycles. The van der Waals surface area contributed by atoms with E-state index in [1.165, 1.54) is 11.1 Å². The van der Waals surface area contributed by atoms with E-state index in [1.807, 2.05) is 18.3 Å². The van der Waals surface area contributed by atoms with Crippen LogP contribution in [0.5, 0.6) is 0 Å². The zero-order valence-electron chi connectivity index (χ0n) is 14.2. The zero-order valence-corrected chi connectivity index (χ0v) is 14.2. The predicted octanol–water partition coefficient (Wildman–Crippen LogP) is 2.64. The molecule has 3 N–H and O–H groups in total. The van der Waals surface area contributed by atoms with Gasteiger partial charge in [0.05, 0.1) is 11.1 Å². The van der Waals surface area contributed by atoms with Gasteiger partial charge in [-0.05, 0) is 36.1 Å². The molecule has 6 heteroatoms. The van der Waals surface area contributed by atoms with Crippen molar-refractivity contribution in [3.63, 3.8) is 0 Å². The molecule has 0 radical (unpaired) electrons. The number of amides is 2. The Morgan fingerprint density at radius 1 is 1.08 bits per heavy atom. The fourth-order valence-corrected chi connectivity index (χ4v) is 3.55. The summed E-state index contributed by atoms with van der Waals surface area (Å²) in [6, 6.07) is 12.8. The van der Waals surface area contributed by atoms with Crippen LogP contribution in [0, 0.1) is 0 Å². The number of nitrogens with zero attached hydrogens (tertiary/aromatic N) is 1. The van der Waals surface area contributed by atoms with Crippen molar-refractivity contribution in [3.05, 3.63) is 70.9 Å². The minimum Gasteiger partial charge on any atom is -0.348 e. The van der Waals surface area contributed by atoms with Gasteiger partial charge >= 0.3 is 0 Å². The molecule has 3 aromatic rings. The van der Waals surface area contributed by atoms with E-state index >= 15 is 0 Å². The second kappa shape index (κ2) is 6.65. The highest BCUT2D eigenvalue weighted by molar-refractivity contribution is 6.07. The van der Waals surface area contributed by atoms with Crippen LogP contribution in [0.25, 0.3) is 10.9 Å². The maximum atomic E-state index is 12.7. The number of para-hydroxylation sites is 1. The largest absolute Gasteiger partial charge is 0.348 e. The summed E-state index contributed by atoms with van der Waals surface area (Å²) < 4.78 is 2.17. The van der Waals surface area contributed by atoms with Gasteiger partial charge in [-0.1, -0.05) is 30.3 Å². The predicted molar refractivity (Wildman–Crippen MR) is 97.1 cm³/mol. The van der Waals surface area contributed by atoms with Gasteiger partial charge in [-0.3, -0.25) is 14.8 Å². The first kappa shape index (κ1) is 16.4. The maximum Gasteiger partial charge on any atom is 0.274 e. The molecular formula is C20H19N3O3. The number of rotatable bonds is 4. The lowest BCUT2D eigenvalue weighted by Gasteiger charge is -2.14. The number of aromatic nitrogens is 1. The normalized spacial score (nSPS) is 12.8. The molecule has 132 valence electrons. The standard InChI is InChI=1S/C20H19N3O3/c24-19(22-26)15-8-6-13(7-9-15)11-21-20(25)17-12-23-10-2-4-14-3-1-5-16(17)18(14)23/h1,3,5-9,12,26H,2,4,10-11H2,(H,21,25)(H,22,24). The fourth-order valence-electron chi connectivity index (χ4n) is 3.55. The number of carbonyl (C=O) groups excluding carboxylic acids is 2. The molecule has 0 saturated heterocycles. The van der Waals surface area contributed by atoms with Crippen LogP contribution >= 0.6 is 0 Å². The number of hydrogen-bond donors (Lipinski definition) is 3. The minimum atomic E-state index is -0.560. The number of hydroxylamine groups is 1. The number of hydrogen-bond acceptors (Lipinski definition) is 3. The van der Waals surface area contributed by atoms with Crippen molar-refractivity contribution in [2.24, 2.45) is 0 Å². The van der Waals surface area contributed by atoms with Crippen molar-refractivity contribution in [1.82, 2.24) is 15.4 Å². The second-order valence-electron chi connectivity index (χ2n) is 6.47. The number of benzene rings is 2. The van der Waals surface area contributed by atoms with Gasteiger partial charge in [0.2, 0.25) is 0 Å². The Kier molecular flexibility index (Phi) is 4.18. The summed E-state index contributed by atoms with van der Waals surface area (Å²) in [7, 11) is 0. The third-order valence-electron chi connectivity index (χ3n) is 4.84. The fraction of sp³-hybridized carbons (Fsp3) is 0.200. The Hall–Kier alpha value is -3.12. The van der Waals surface area contributed by atoms with Crippen LogP contribution in [0.1, 0.15) is 38.3 Å². The first-order valence-corrected chi connectivity index (χ1v) is 8.59. The Labute approximate surface area is 150 Å². The van der Waals surface area contributed by atoms with Gasteiger partial charge in [0.25, 0.3) is 11.8 Å². The molecule has 4 rings (SSSR count). The molecule has 1 aliphatic rings. The van der Waals surface area contributed by atoms with E-state index in [4.69, 9.17) is 5.21 Å². The highest BCUT2D eigenvalue weighted by Crippen LogP contribution is 2.29. The summed E-state index contributed by atoms with van der Waals surface area (Å²) >= 11 is 0. The van der Waals surface area contributed by atoms with Crippen LogP contribution in [0.15, 0.2) is 48.7 Å². The molecular weight excluding hydrogens is 330 g/mol. The smallest absolute Gasteiger partial charge is 0.274 e. The van der Waals surface area contributed by atoms with Crippen molar-refractivity contribution >= 4 is 22.7 Å². The number of carbonyl (C=O) groups is 2. The molecule has 0 bridgehead atoms. The van der Waals surface area contributed by atoms with Gasteiger partial charge < -0.3 is 9.88 Å². The molecule has 26 heavy (non-hydrogen) atoms. The molecule has 1 aromatic heterocycles. The van der Waals surface area contributed by atoms with Crippen LogP contribution in [0.4, 0.5) is 0 Å². The summed E-state index contributed by atoms with van der Waals surface area (Å²) in [6.45, 7) is 1.31. The SMILES string of the molecule is O=C(NO)c1ccc(CNC(=O)c2cn3c4c(cccc24)CCC3)cc1. The monoisotopic (exact) mass is 349 g/mol. The topological polar surface area (TPSA) is 83.4 Å². The Bertz CT molecular complexity index is 989. The minimum absolute atomic E-state index is 0.107.